The molecule has 0 aromatic carbocycles. The first-order valence-electron chi connectivity index (χ1n) is 7.25. The third-order valence-corrected chi connectivity index (χ3v) is 3.56. The summed E-state index contributed by atoms with van der Waals surface area (Å²) < 4.78 is 5.95. The lowest BCUT2D eigenvalue weighted by atomic mass is 10.1. The fraction of sp³-hybridized carbons (Fsp3) is 0.667. The summed E-state index contributed by atoms with van der Waals surface area (Å²) in [7, 11) is 1.94. The minimum Gasteiger partial charge on any atom is -0.492 e. The van der Waals surface area contributed by atoms with Gasteiger partial charge < -0.3 is 10.1 Å². The molecule has 19 heavy (non-hydrogen) atoms. The SMILES string of the molecule is CNCc1cnc(C)cc1OCCN1CCCCC1. The molecule has 1 aromatic heterocycles. The van der Waals surface area contributed by atoms with Crippen molar-refractivity contribution in [2.24, 2.45) is 0 Å². The predicted octanol–water partition coefficient (Wildman–Crippen LogP) is 1.97. The second-order valence-electron chi connectivity index (χ2n) is 5.21. The van der Waals surface area contributed by atoms with Crippen LogP contribution in [0.1, 0.15) is 30.5 Å². The van der Waals surface area contributed by atoms with Gasteiger partial charge in [-0.15, -0.1) is 0 Å². The van der Waals surface area contributed by atoms with Crippen LogP contribution in [-0.4, -0.2) is 43.2 Å². The molecule has 4 nitrogen and oxygen atoms in total. The Hall–Kier alpha value is -1.13. The molecule has 0 amide bonds. The third kappa shape index (κ3) is 4.48. The highest BCUT2D eigenvalue weighted by Gasteiger charge is 2.10. The van der Waals surface area contributed by atoms with E-state index in [2.05, 4.69) is 15.2 Å². The molecule has 1 aliphatic heterocycles. The van der Waals surface area contributed by atoms with E-state index in [9.17, 15) is 0 Å². The molecule has 106 valence electrons. The Morgan fingerprint density at radius 3 is 2.84 bits per heavy atom. The summed E-state index contributed by atoms with van der Waals surface area (Å²) in [5, 5.41) is 3.15. The van der Waals surface area contributed by atoms with Crippen molar-refractivity contribution >= 4 is 0 Å². The lowest BCUT2D eigenvalue weighted by molar-refractivity contribution is 0.182. The highest BCUT2D eigenvalue weighted by atomic mass is 16.5. The fourth-order valence-electron chi connectivity index (χ4n) is 2.49. The van der Waals surface area contributed by atoms with Gasteiger partial charge in [0.2, 0.25) is 0 Å². The van der Waals surface area contributed by atoms with Gasteiger partial charge in [-0.3, -0.25) is 9.88 Å². The van der Waals surface area contributed by atoms with Crippen LogP contribution in [0.25, 0.3) is 0 Å². The zero-order chi connectivity index (χ0) is 13.5. The Kier molecular flexibility index (Phi) is 5.61. The van der Waals surface area contributed by atoms with E-state index in [1.54, 1.807) is 0 Å². The zero-order valence-corrected chi connectivity index (χ0v) is 12.1. The second-order valence-corrected chi connectivity index (χ2v) is 5.21. The van der Waals surface area contributed by atoms with Crippen LogP contribution in [0.15, 0.2) is 12.3 Å². The number of hydrogen-bond donors (Lipinski definition) is 1. The minimum absolute atomic E-state index is 0.764. The molecule has 0 radical (unpaired) electrons. The maximum atomic E-state index is 5.95. The van der Waals surface area contributed by atoms with Gasteiger partial charge in [0, 0.05) is 36.6 Å². The van der Waals surface area contributed by atoms with Crippen molar-refractivity contribution in [1.82, 2.24) is 15.2 Å². The Balaban J connectivity index is 1.85. The predicted molar refractivity (Wildman–Crippen MR) is 77.5 cm³/mol. The van der Waals surface area contributed by atoms with E-state index in [1.165, 1.54) is 32.4 Å². The number of nitrogens with one attached hydrogen (secondary N) is 1. The minimum atomic E-state index is 0.764. The molecule has 2 rings (SSSR count). The molecule has 0 bridgehead atoms. The van der Waals surface area contributed by atoms with Crippen molar-refractivity contribution in [3.63, 3.8) is 0 Å². The molecular formula is C15H25N3O. The van der Waals surface area contributed by atoms with Crippen LogP contribution < -0.4 is 10.1 Å². The van der Waals surface area contributed by atoms with Gasteiger partial charge in [-0.25, -0.2) is 0 Å². The molecule has 2 heterocycles. The Morgan fingerprint density at radius 2 is 2.11 bits per heavy atom. The summed E-state index contributed by atoms with van der Waals surface area (Å²) in [5.74, 6) is 0.971. The van der Waals surface area contributed by atoms with E-state index in [-0.39, 0.29) is 0 Å². The fourth-order valence-corrected chi connectivity index (χ4v) is 2.49. The molecule has 0 aliphatic carbocycles. The quantitative estimate of drug-likeness (QED) is 0.851. The van der Waals surface area contributed by atoms with Crippen molar-refractivity contribution in [3.8, 4) is 5.75 Å². The lowest BCUT2D eigenvalue weighted by Crippen LogP contribution is -2.33. The van der Waals surface area contributed by atoms with Crippen molar-refractivity contribution in [1.29, 1.82) is 0 Å². The molecule has 0 saturated carbocycles. The van der Waals surface area contributed by atoms with Crippen LogP contribution in [0.2, 0.25) is 0 Å². The van der Waals surface area contributed by atoms with Gasteiger partial charge in [-0.1, -0.05) is 6.42 Å². The molecule has 0 unspecified atom stereocenters. The van der Waals surface area contributed by atoms with E-state index in [0.29, 0.717) is 0 Å². The highest BCUT2D eigenvalue weighted by Crippen LogP contribution is 2.18. The van der Waals surface area contributed by atoms with Gasteiger partial charge in [0.1, 0.15) is 12.4 Å². The van der Waals surface area contributed by atoms with Gasteiger partial charge in [0.15, 0.2) is 0 Å². The van der Waals surface area contributed by atoms with Gasteiger partial charge in [-0.05, 0) is 39.9 Å². The Bertz CT molecular complexity index is 389. The Morgan fingerprint density at radius 1 is 1.32 bits per heavy atom. The number of aryl methyl sites for hydroxylation is 1. The first-order valence-corrected chi connectivity index (χ1v) is 7.25. The second kappa shape index (κ2) is 7.46. The van der Waals surface area contributed by atoms with Gasteiger partial charge in [0.05, 0.1) is 0 Å². The summed E-state index contributed by atoms with van der Waals surface area (Å²) in [5.41, 5.74) is 2.14. The standard InChI is InChI=1S/C15H25N3O/c1-13-10-15(14(11-16-2)12-17-13)19-9-8-18-6-4-3-5-7-18/h10,12,16H,3-9,11H2,1-2H3. The van der Waals surface area contributed by atoms with E-state index in [4.69, 9.17) is 4.74 Å². The van der Waals surface area contributed by atoms with Crippen LogP contribution in [-0.2, 0) is 6.54 Å². The zero-order valence-electron chi connectivity index (χ0n) is 12.1. The average Bonchev–Trinajstić information content (AvgIpc) is 2.43. The van der Waals surface area contributed by atoms with Crippen LogP contribution in [0.3, 0.4) is 0 Å². The molecule has 1 aromatic rings. The number of ether oxygens (including phenoxy) is 1. The van der Waals surface area contributed by atoms with E-state index < -0.39 is 0 Å². The van der Waals surface area contributed by atoms with Crippen molar-refractivity contribution < 1.29 is 4.74 Å². The molecular weight excluding hydrogens is 238 g/mol. The van der Waals surface area contributed by atoms with Crippen molar-refractivity contribution in [2.45, 2.75) is 32.7 Å². The molecule has 1 N–H and O–H groups in total. The topological polar surface area (TPSA) is 37.4 Å². The van der Waals surface area contributed by atoms with Crippen LogP contribution in [0.4, 0.5) is 0 Å². The maximum Gasteiger partial charge on any atom is 0.127 e. The van der Waals surface area contributed by atoms with Gasteiger partial charge in [-0.2, -0.15) is 0 Å². The smallest absolute Gasteiger partial charge is 0.127 e. The van der Waals surface area contributed by atoms with Crippen LogP contribution in [0, 0.1) is 6.92 Å². The molecule has 0 spiro atoms. The number of piperidine rings is 1. The monoisotopic (exact) mass is 263 g/mol. The third-order valence-electron chi connectivity index (χ3n) is 3.56. The molecule has 0 atom stereocenters. The number of aromatic nitrogens is 1. The summed E-state index contributed by atoms with van der Waals surface area (Å²) >= 11 is 0. The summed E-state index contributed by atoms with van der Waals surface area (Å²) in [6, 6.07) is 2.03. The molecule has 1 saturated heterocycles. The summed E-state index contributed by atoms with van der Waals surface area (Å²) in [6.45, 7) is 7.04. The van der Waals surface area contributed by atoms with Gasteiger partial charge in [0.25, 0.3) is 0 Å². The van der Waals surface area contributed by atoms with E-state index in [0.717, 1.165) is 36.7 Å². The number of likely N-dealkylation sites (tertiary alicyclic amines) is 1. The summed E-state index contributed by atoms with van der Waals surface area (Å²) in [6.07, 6.45) is 5.95. The van der Waals surface area contributed by atoms with Crippen molar-refractivity contribution in [3.05, 3.63) is 23.5 Å². The van der Waals surface area contributed by atoms with E-state index in [1.807, 2.05) is 26.2 Å². The lowest BCUT2D eigenvalue weighted by Gasteiger charge is -2.26. The summed E-state index contributed by atoms with van der Waals surface area (Å²) in [4.78, 5) is 6.82. The number of rotatable bonds is 6. The number of hydrogen-bond acceptors (Lipinski definition) is 4. The number of nitrogens with zero attached hydrogens (tertiary/aromatic N) is 2. The van der Waals surface area contributed by atoms with Crippen LogP contribution in [0.5, 0.6) is 5.75 Å². The number of pyridine rings is 1. The first kappa shape index (κ1) is 14.3. The average molecular weight is 263 g/mol. The Labute approximate surface area is 116 Å². The highest BCUT2D eigenvalue weighted by molar-refractivity contribution is 5.32. The largest absolute Gasteiger partial charge is 0.492 e. The molecule has 1 fully saturated rings. The molecule has 4 heteroatoms. The molecule has 1 aliphatic rings. The first-order chi connectivity index (χ1) is 9.29. The normalized spacial score (nSPS) is 16.5. The van der Waals surface area contributed by atoms with E-state index >= 15 is 0 Å². The maximum absolute atomic E-state index is 5.95. The van der Waals surface area contributed by atoms with Crippen LogP contribution >= 0.6 is 0 Å². The van der Waals surface area contributed by atoms with Gasteiger partial charge >= 0.3 is 0 Å². The van der Waals surface area contributed by atoms with Crippen molar-refractivity contribution in [2.75, 3.05) is 33.3 Å².